The molecule has 52 heavy (non-hydrogen) atoms. The highest BCUT2D eigenvalue weighted by Crippen LogP contribution is 2.11. The van der Waals surface area contributed by atoms with Gasteiger partial charge in [-0.05, 0) is 64.7 Å². The molecule has 15 nitrogen and oxygen atoms in total. The van der Waals surface area contributed by atoms with E-state index in [2.05, 4.69) is 44.1 Å². The molecule has 0 rings (SSSR count). The number of hydrogen-bond donors (Lipinski definition) is 8. The van der Waals surface area contributed by atoms with E-state index in [1.807, 2.05) is 27.7 Å². The summed E-state index contributed by atoms with van der Waals surface area (Å²) in [6, 6.07) is -2.40. The standard InChI is InChI=1S/C37H69N7O8/c1-12-13-14-15-16-17-28(46)43-36(8,9)34(51)38-20-29(47)41-27(19-24(4)5)32(49)44-37(10,11)35(52)39-21-30(48)42-31(25(6)7)33(50)40-26(22-45)18-23(2)3/h23-27,31,45H,12-22H2,1-11H3,(H,38,51)(H,39,52)(H,40,50)(H,41,47)(H,42,48)(H,43,46)(H,44,49)/t26-,27-,31-/m0/s1. The van der Waals surface area contributed by atoms with Crippen molar-refractivity contribution in [3.05, 3.63) is 0 Å². The Morgan fingerprint density at radius 1 is 0.596 bits per heavy atom. The first-order valence-corrected chi connectivity index (χ1v) is 18.8. The minimum atomic E-state index is -1.50. The van der Waals surface area contributed by atoms with Crippen molar-refractivity contribution in [2.24, 2.45) is 17.8 Å². The van der Waals surface area contributed by atoms with Gasteiger partial charge in [0.1, 0.15) is 23.2 Å². The number of aliphatic hydroxyl groups is 1. The van der Waals surface area contributed by atoms with Crippen molar-refractivity contribution in [3.63, 3.8) is 0 Å². The summed E-state index contributed by atoms with van der Waals surface area (Å²) in [5.74, 6) is -3.89. The maximum absolute atomic E-state index is 13.3. The van der Waals surface area contributed by atoms with Crippen molar-refractivity contribution in [1.82, 2.24) is 37.2 Å². The van der Waals surface area contributed by atoms with Gasteiger partial charge in [0.15, 0.2) is 0 Å². The number of amides is 7. The van der Waals surface area contributed by atoms with Crippen molar-refractivity contribution in [1.29, 1.82) is 0 Å². The Hall–Kier alpha value is -3.75. The zero-order chi connectivity index (χ0) is 40.2. The fourth-order valence-corrected chi connectivity index (χ4v) is 5.32. The average Bonchev–Trinajstić information content (AvgIpc) is 3.02. The van der Waals surface area contributed by atoms with E-state index in [4.69, 9.17) is 0 Å². The molecular weight excluding hydrogens is 670 g/mol. The van der Waals surface area contributed by atoms with Gasteiger partial charge in [0.05, 0.1) is 25.7 Å². The summed E-state index contributed by atoms with van der Waals surface area (Å²) >= 11 is 0. The molecule has 0 fully saturated rings. The van der Waals surface area contributed by atoms with E-state index in [1.165, 1.54) is 13.8 Å². The minimum Gasteiger partial charge on any atom is -0.394 e. The van der Waals surface area contributed by atoms with Gasteiger partial charge < -0.3 is 42.3 Å². The third-order valence-corrected chi connectivity index (χ3v) is 8.30. The molecule has 0 saturated heterocycles. The molecule has 0 radical (unpaired) electrons. The average molecular weight is 740 g/mol. The van der Waals surface area contributed by atoms with E-state index in [0.717, 1.165) is 32.1 Å². The van der Waals surface area contributed by atoms with Crippen LogP contribution < -0.4 is 37.2 Å². The van der Waals surface area contributed by atoms with E-state index in [0.29, 0.717) is 12.8 Å². The predicted octanol–water partition coefficient (Wildman–Crippen LogP) is 1.56. The first-order valence-electron chi connectivity index (χ1n) is 18.8. The van der Waals surface area contributed by atoms with Crippen molar-refractivity contribution >= 4 is 41.4 Å². The summed E-state index contributed by atoms with van der Waals surface area (Å²) in [4.78, 5) is 90.1. The maximum atomic E-state index is 13.3. The molecule has 0 aliphatic heterocycles. The summed E-state index contributed by atoms with van der Waals surface area (Å²) in [5.41, 5.74) is -2.76. The van der Waals surface area contributed by atoms with Gasteiger partial charge in [0, 0.05) is 6.42 Å². The monoisotopic (exact) mass is 740 g/mol. The maximum Gasteiger partial charge on any atom is 0.245 e. The molecule has 8 N–H and O–H groups in total. The molecule has 300 valence electrons. The van der Waals surface area contributed by atoms with Gasteiger partial charge in [-0.15, -0.1) is 0 Å². The summed E-state index contributed by atoms with van der Waals surface area (Å²) < 4.78 is 0. The topological polar surface area (TPSA) is 224 Å². The van der Waals surface area contributed by atoms with Crippen LogP contribution in [0.2, 0.25) is 0 Å². The molecule has 3 atom stereocenters. The van der Waals surface area contributed by atoms with E-state index in [-0.39, 0.29) is 36.7 Å². The Morgan fingerprint density at radius 2 is 1.10 bits per heavy atom. The van der Waals surface area contributed by atoms with Gasteiger partial charge in [-0.25, -0.2) is 0 Å². The van der Waals surface area contributed by atoms with E-state index >= 15 is 0 Å². The number of carbonyl (C=O) groups is 7. The highest BCUT2D eigenvalue weighted by atomic mass is 16.3. The summed E-state index contributed by atoms with van der Waals surface area (Å²) in [6.07, 6.45) is 6.03. The summed E-state index contributed by atoms with van der Waals surface area (Å²) in [7, 11) is 0. The number of hydrogen-bond acceptors (Lipinski definition) is 8. The van der Waals surface area contributed by atoms with Crippen LogP contribution in [0.25, 0.3) is 0 Å². The lowest BCUT2D eigenvalue weighted by Gasteiger charge is -2.29. The lowest BCUT2D eigenvalue weighted by Crippen LogP contribution is -2.61. The second-order valence-corrected chi connectivity index (χ2v) is 15.9. The second kappa shape index (κ2) is 23.7. The van der Waals surface area contributed by atoms with Crippen LogP contribution in [-0.4, -0.2) is 95.4 Å². The summed E-state index contributed by atoms with van der Waals surface area (Å²) in [6.45, 7) is 18.1. The molecule has 0 bridgehead atoms. The van der Waals surface area contributed by atoms with Crippen molar-refractivity contribution in [2.75, 3.05) is 19.7 Å². The molecule has 0 spiro atoms. The van der Waals surface area contributed by atoms with Crippen molar-refractivity contribution in [3.8, 4) is 0 Å². The number of carbonyl (C=O) groups excluding carboxylic acids is 7. The molecule has 0 heterocycles. The highest BCUT2D eigenvalue weighted by Gasteiger charge is 2.34. The molecule has 0 aliphatic carbocycles. The summed E-state index contributed by atoms with van der Waals surface area (Å²) in [5, 5.41) is 28.0. The molecule has 0 saturated carbocycles. The quantitative estimate of drug-likeness (QED) is 0.0641. The molecule has 15 heteroatoms. The van der Waals surface area contributed by atoms with Crippen LogP contribution in [0.15, 0.2) is 0 Å². The lowest BCUT2D eigenvalue weighted by atomic mass is 9.99. The number of nitrogens with one attached hydrogen (secondary N) is 7. The molecule has 7 amide bonds. The Kier molecular flexibility index (Phi) is 22.0. The normalized spacial score (nSPS) is 13.5. The van der Waals surface area contributed by atoms with Crippen LogP contribution in [0.1, 0.15) is 128 Å². The molecule has 0 aromatic rings. The van der Waals surface area contributed by atoms with E-state index in [9.17, 15) is 38.7 Å². The molecule has 0 aliphatic rings. The van der Waals surface area contributed by atoms with E-state index in [1.54, 1.807) is 27.7 Å². The highest BCUT2D eigenvalue weighted by molar-refractivity contribution is 5.97. The first kappa shape index (κ1) is 48.2. The van der Waals surface area contributed by atoms with Gasteiger partial charge in [0.2, 0.25) is 41.4 Å². The smallest absolute Gasteiger partial charge is 0.245 e. The van der Waals surface area contributed by atoms with Crippen LogP contribution >= 0.6 is 0 Å². The van der Waals surface area contributed by atoms with Crippen LogP contribution in [-0.2, 0) is 33.6 Å². The Balaban J connectivity index is 5.20. The lowest BCUT2D eigenvalue weighted by molar-refractivity contribution is -0.136. The molecule has 0 aromatic heterocycles. The van der Waals surface area contributed by atoms with Crippen LogP contribution in [0, 0.1) is 17.8 Å². The van der Waals surface area contributed by atoms with Gasteiger partial charge in [-0.2, -0.15) is 0 Å². The van der Waals surface area contributed by atoms with Crippen LogP contribution in [0.3, 0.4) is 0 Å². The van der Waals surface area contributed by atoms with Gasteiger partial charge in [-0.1, -0.05) is 74.1 Å². The zero-order valence-corrected chi connectivity index (χ0v) is 33.5. The molecular formula is C37H69N7O8. The third-order valence-electron chi connectivity index (χ3n) is 8.30. The predicted molar refractivity (Wildman–Crippen MR) is 200 cm³/mol. The Bertz CT molecular complexity index is 1190. The largest absolute Gasteiger partial charge is 0.394 e. The number of rotatable bonds is 25. The first-order chi connectivity index (χ1) is 24.1. The minimum absolute atomic E-state index is 0.0217. The number of aliphatic hydroxyl groups excluding tert-OH is 1. The van der Waals surface area contributed by atoms with Gasteiger partial charge in [-0.3, -0.25) is 33.6 Å². The van der Waals surface area contributed by atoms with Crippen LogP contribution in [0.5, 0.6) is 0 Å². The van der Waals surface area contributed by atoms with Gasteiger partial charge >= 0.3 is 0 Å². The van der Waals surface area contributed by atoms with Gasteiger partial charge in [0.25, 0.3) is 0 Å². The molecule has 0 unspecified atom stereocenters. The number of unbranched alkanes of at least 4 members (excludes halogenated alkanes) is 4. The fourth-order valence-electron chi connectivity index (χ4n) is 5.32. The SMILES string of the molecule is CCCCCCCC(=O)NC(C)(C)C(=O)NCC(=O)N[C@@H](CC(C)C)C(=O)NC(C)(C)C(=O)NCC(=O)N[C@H](C(=O)N[C@H](CO)CC(C)C)C(C)C. The van der Waals surface area contributed by atoms with Crippen LogP contribution in [0.4, 0.5) is 0 Å². The third kappa shape index (κ3) is 19.7. The zero-order valence-electron chi connectivity index (χ0n) is 33.5. The second-order valence-electron chi connectivity index (χ2n) is 15.9. The van der Waals surface area contributed by atoms with Crippen molar-refractivity contribution < 1.29 is 38.7 Å². The van der Waals surface area contributed by atoms with E-state index < -0.39 is 77.7 Å². The Labute approximate surface area is 311 Å². The Morgan fingerprint density at radius 3 is 1.58 bits per heavy atom. The fraction of sp³-hybridized carbons (Fsp3) is 0.811. The van der Waals surface area contributed by atoms with Crippen molar-refractivity contribution in [2.45, 2.75) is 157 Å². The molecule has 0 aromatic carbocycles.